The lowest BCUT2D eigenvalue weighted by molar-refractivity contribution is 0.00790. The van der Waals surface area contributed by atoms with E-state index in [-0.39, 0.29) is 11.4 Å². The van der Waals surface area contributed by atoms with Gasteiger partial charge in [0.15, 0.2) is 0 Å². The van der Waals surface area contributed by atoms with Gasteiger partial charge in [-0.25, -0.2) is 9.59 Å². The van der Waals surface area contributed by atoms with E-state index in [1.54, 1.807) is 0 Å². The first-order valence-corrected chi connectivity index (χ1v) is 21.3. The van der Waals surface area contributed by atoms with Crippen molar-refractivity contribution in [3.05, 3.63) is 67.5 Å². The highest BCUT2D eigenvalue weighted by Crippen LogP contribution is 2.33. The van der Waals surface area contributed by atoms with Crippen LogP contribution in [-0.4, -0.2) is 92.6 Å². The maximum Gasteiger partial charge on any atom is 0.326 e. The summed E-state index contributed by atoms with van der Waals surface area (Å²) in [5, 5.41) is 0. The number of piperidine rings is 2. The van der Waals surface area contributed by atoms with Gasteiger partial charge in [0.2, 0.25) is 0 Å². The topological polar surface area (TPSA) is 101 Å². The first kappa shape index (κ1) is 39.1. The van der Waals surface area contributed by atoms with Crippen LogP contribution >= 0.6 is 0 Å². The van der Waals surface area contributed by atoms with Crippen molar-refractivity contribution in [2.45, 2.75) is 155 Å². The van der Waals surface area contributed by atoms with Crippen LogP contribution in [0.2, 0.25) is 0 Å². The van der Waals surface area contributed by atoms with Crippen molar-refractivity contribution in [2.75, 3.05) is 39.4 Å². The molecule has 10 heteroatoms. The smallest absolute Gasteiger partial charge is 0.326 e. The van der Waals surface area contributed by atoms with E-state index in [0.717, 1.165) is 87.1 Å². The summed E-state index contributed by atoms with van der Waals surface area (Å²) in [7, 11) is 0. The van der Waals surface area contributed by atoms with Gasteiger partial charge in [0.1, 0.15) is 0 Å². The van der Waals surface area contributed by atoms with Gasteiger partial charge in [-0.15, -0.1) is 0 Å². The predicted octanol–water partition coefficient (Wildman–Crippen LogP) is 7.86. The molecule has 0 unspecified atom stereocenters. The Morgan fingerprint density at radius 3 is 1.17 bits per heavy atom. The third-order valence-electron chi connectivity index (χ3n) is 13.5. The molecule has 4 aromatic rings. The molecule has 54 heavy (non-hydrogen) atoms. The normalized spacial score (nSPS) is 25.3. The molecule has 0 radical (unpaired) electrons. The number of fused-ring (bicyclic) bond motifs is 2. The van der Waals surface area contributed by atoms with E-state index < -0.39 is 0 Å². The van der Waals surface area contributed by atoms with Crippen molar-refractivity contribution in [1.82, 2.24) is 28.9 Å². The average molecular weight is 743 g/mol. The molecule has 4 heterocycles. The molecule has 4 fully saturated rings. The highest BCUT2D eigenvalue weighted by molar-refractivity contribution is 5.78. The minimum atomic E-state index is 0.0469. The largest absolute Gasteiger partial charge is 0.379 e. The quantitative estimate of drug-likeness (QED) is 0.191. The van der Waals surface area contributed by atoms with Gasteiger partial charge in [-0.2, -0.15) is 0 Å². The maximum atomic E-state index is 12.6. The van der Waals surface area contributed by atoms with Crippen LogP contribution in [0.4, 0.5) is 0 Å². The molecule has 10 nitrogen and oxygen atoms in total. The first-order chi connectivity index (χ1) is 26.1. The molecule has 296 valence electrons. The van der Waals surface area contributed by atoms with Crippen molar-refractivity contribution in [1.29, 1.82) is 0 Å². The number of rotatable bonds is 8. The number of aryl methyl sites for hydroxylation is 4. The van der Waals surface area contributed by atoms with Gasteiger partial charge in [-0.1, -0.05) is 0 Å². The number of ether oxygens (including phenoxy) is 2. The SMILES string of the molecule is CCOC1CCC(N2CCC(n3c(=O)[nH]c4cc(C)c(C)cc43)CC2)CC1.CCOC1CCC(N2CCC(n3c(=O)[nH]c4cc(C)c(C)cc43)CC2)CC1. The maximum absolute atomic E-state index is 12.6. The Labute approximate surface area is 321 Å². The number of nitrogens with zero attached hydrogens (tertiary/aromatic N) is 4. The monoisotopic (exact) mass is 743 g/mol. The van der Waals surface area contributed by atoms with E-state index in [1.165, 1.54) is 73.6 Å². The Morgan fingerprint density at radius 2 is 0.833 bits per heavy atom. The molecule has 0 spiro atoms. The second kappa shape index (κ2) is 17.3. The minimum absolute atomic E-state index is 0.0469. The Balaban J connectivity index is 0.000000167. The number of benzene rings is 2. The van der Waals surface area contributed by atoms with Gasteiger partial charge in [-0.05, 0) is 165 Å². The second-order valence-corrected chi connectivity index (χ2v) is 16.8. The minimum Gasteiger partial charge on any atom is -0.379 e. The molecule has 4 aliphatic rings. The molecule has 2 N–H and O–H groups in total. The molecule has 2 saturated carbocycles. The number of aromatic amines is 2. The zero-order chi connectivity index (χ0) is 37.9. The van der Waals surface area contributed by atoms with Gasteiger partial charge in [0.25, 0.3) is 0 Å². The van der Waals surface area contributed by atoms with E-state index in [0.29, 0.717) is 36.4 Å². The Bertz CT molecular complexity index is 1820. The van der Waals surface area contributed by atoms with Gasteiger partial charge in [0, 0.05) is 63.6 Å². The first-order valence-electron chi connectivity index (χ1n) is 21.3. The molecular formula is C44H66N6O4. The summed E-state index contributed by atoms with van der Waals surface area (Å²) in [4.78, 5) is 36.7. The number of aromatic nitrogens is 4. The summed E-state index contributed by atoms with van der Waals surface area (Å²) in [5.41, 5.74) is 9.13. The molecule has 0 bridgehead atoms. The van der Waals surface area contributed by atoms with Gasteiger partial charge in [-0.3, -0.25) is 9.13 Å². The highest BCUT2D eigenvalue weighted by atomic mass is 16.5. The van der Waals surface area contributed by atoms with Crippen molar-refractivity contribution in [3.8, 4) is 0 Å². The number of H-pyrrole nitrogens is 2. The number of hydrogen-bond donors (Lipinski definition) is 2. The number of imidazole rings is 2. The summed E-state index contributed by atoms with van der Waals surface area (Å²) < 4.78 is 15.6. The Morgan fingerprint density at radius 1 is 0.500 bits per heavy atom. The van der Waals surface area contributed by atoms with Crippen LogP contribution in [0.3, 0.4) is 0 Å². The highest BCUT2D eigenvalue weighted by Gasteiger charge is 2.32. The number of nitrogens with one attached hydrogen (secondary N) is 2. The van der Waals surface area contributed by atoms with Crippen LogP contribution < -0.4 is 11.4 Å². The zero-order valence-electron chi connectivity index (χ0n) is 33.9. The molecular weight excluding hydrogens is 677 g/mol. The number of likely N-dealkylation sites (tertiary alicyclic amines) is 2. The molecule has 2 aromatic carbocycles. The fraction of sp³-hybridized carbons (Fsp3) is 0.682. The Hall–Kier alpha value is -3.18. The van der Waals surface area contributed by atoms with Crippen molar-refractivity contribution >= 4 is 22.1 Å². The average Bonchev–Trinajstić information content (AvgIpc) is 3.66. The molecule has 2 aromatic heterocycles. The summed E-state index contributed by atoms with van der Waals surface area (Å²) >= 11 is 0. The van der Waals surface area contributed by atoms with E-state index in [9.17, 15) is 9.59 Å². The molecule has 0 amide bonds. The lowest BCUT2D eigenvalue weighted by Gasteiger charge is -2.41. The van der Waals surface area contributed by atoms with Crippen LogP contribution in [0.5, 0.6) is 0 Å². The molecule has 8 rings (SSSR count). The molecule has 2 aliphatic heterocycles. The zero-order valence-corrected chi connectivity index (χ0v) is 33.9. The summed E-state index contributed by atoms with van der Waals surface area (Å²) in [5.74, 6) is 0. The van der Waals surface area contributed by atoms with E-state index in [4.69, 9.17) is 9.47 Å². The summed E-state index contributed by atoms with van der Waals surface area (Å²) in [6.45, 7) is 18.7. The van der Waals surface area contributed by atoms with Gasteiger partial charge in [0.05, 0.1) is 34.3 Å². The standard InChI is InChI=1S/2C22H33N3O2/c2*1-4-27-19-7-5-17(6-8-19)24-11-9-18(10-12-24)25-21-14-16(3)15(2)13-20(21)23-22(25)26/h2*13-14,17-19H,4-12H2,1-3H3,(H,23,26). The van der Waals surface area contributed by atoms with Crippen LogP contribution in [0.15, 0.2) is 33.9 Å². The number of hydrogen-bond acceptors (Lipinski definition) is 6. The predicted molar refractivity (Wildman–Crippen MR) is 219 cm³/mol. The second-order valence-electron chi connectivity index (χ2n) is 16.8. The van der Waals surface area contributed by atoms with E-state index in [2.05, 4.69) is 85.6 Å². The third kappa shape index (κ3) is 8.47. The fourth-order valence-electron chi connectivity index (χ4n) is 10.1. The molecule has 0 atom stereocenters. The van der Waals surface area contributed by atoms with E-state index >= 15 is 0 Å². The van der Waals surface area contributed by atoms with Crippen LogP contribution in [-0.2, 0) is 9.47 Å². The molecule has 2 aliphatic carbocycles. The lowest BCUT2D eigenvalue weighted by Crippen LogP contribution is -2.45. The summed E-state index contributed by atoms with van der Waals surface area (Å²) in [6.07, 6.45) is 15.0. The Kier molecular flexibility index (Phi) is 12.5. The van der Waals surface area contributed by atoms with Gasteiger partial charge < -0.3 is 29.2 Å². The van der Waals surface area contributed by atoms with Crippen LogP contribution in [0.25, 0.3) is 22.1 Å². The fourth-order valence-corrected chi connectivity index (χ4v) is 10.1. The third-order valence-corrected chi connectivity index (χ3v) is 13.5. The van der Waals surface area contributed by atoms with Crippen LogP contribution in [0, 0.1) is 27.7 Å². The summed E-state index contributed by atoms with van der Waals surface area (Å²) in [6, 6.07) is 10.6. The van der Waals surface area contributed by atoms with Gasteiger partial charge >= 0.3 is 11.4 Å². The van der Waals surface area contributed by atoms with Crippen molar-refractivity contribution < 1.29 is 9.47 Å². The van der Waals surface area contributed by atoms with Crippen LogP contribution in [0.1, 0.15) is 125 Å². The lowest BCUT2D eigenvalue weighted by atomic mass is 9.90. The van der Waals surface area contributed by atoms with E-state index in [1.807, 2.05) is 9.13 Å². The van der Waals surface area contributed by atoms with Crippen molar-refractivity contribution in [2.24, 2.45) is 0 Å². The van der Waals surface area contributed by atoms with Crippen molar-refractivity contribution in [3.63, 3.8) is 0 Å². The molecule has 2 saturated heterocycles.